The van der Waals surface area contributed by atoms with E-state index in [9.17, 15) is 9.59 Å². The zero-order valence-electron chi connectivity index (χ0n) is 20.4. The molecule has 2 aromatic rings. The standard InChI is InChI=1S/C24H36N6O3/c1-6-30-21(16(2)28-29-30)18-13-14-19(25-15-18)26-22(31)20(17-11-9-7-8-10-12-17)27-23(32)33-24(3,4)5/h13-15,17,20H,6-12H2,1-5H3,(H,27,32)(H,25,26,31)/t20-/m0/s1. The molecule has 0 unspecified atom stereocenters. The highest BCUT2D eigenvalue weighted by Gasteiger charge is 2.32. The summed E-state index contributed by atoms with van der Waals surface area (Å²) in [6, 6.07) is 2.98. The highest BCUT2D eigenvalue weighted by Crippen LogP contribution is 2.27. The van der Waals surface area contributed by atoms with Crippen LogP contribution in [0.3, 0.4) is 0 Å². The second-order valence-electron chi connectivity index (χ2n) is 9.64. The Labute approximate surface area is 195 Å². The number of hydrogen-bond acceptors (Lipinski definition) is 6. The smallest absolute Gasteiger partial charge is 0.408 e. The van der Waals surface area contributed by atoms with Crippen LogP contribution in [0.2, 0.25) is 0 Å². The predicted octanol–water partition coefficient (Wildman–Crippen LogP) is 4.47. The fourth-order valence-electron chi connectivity index (χ4n) is 4.27. The van der Waals surface area contributed by atoms with E-state index in [1.807, 2.05) is 24.6 Å². The van der Waals surface area contributed by atoms with Gasteiger partial charge in [-0.2, -0.15) is 0 Å². The number of rotatable bonds is 6. The first-order valence-electron chi connectivity index (χ1n) is 11.8. The Kier molecular flexibility index (Phi) is 8.05. The molecular weight excluding hydrogens is 420 g/mol. The molecule has 1 aliphatic carbocycles. The van der Waals surface area contributed by atoms with E-state index in [-0.39, 0.29) is 11.8 Å². The van der Waals surface area contributed by atoms with E-state index in [0.717, 1.165) is 55.5 Å². The van der Waals surface area contributed by atoms with E-state index in [4.69, 9.17) is 4.74 Å². The van der Waals surface area contributed by atoms with Crippen molar-refractivity contribution in [1.82, 2.24) is 25.3 Å². The monoisotopic (exact) mass is 456 g/mol. The van der Waals surface area contributed by atoms with Crippen molar-refractivity contribution in [2.75, 3.05) is 5.32 Å². The summed E-state index contributed by atoms with van der Waals surface area (Å²) in [6.45, 7) is 10.0. The lowest BCUT2D eigenvalue weighted by molar-refractivity contribution is -0.119. The van der Waals surface area contributed by atoms with Gasteiger partial charge in [-0.1, -0.05) is 30.9 Å². The van der Waals surface area contributed by atoms with Crippen LogP contribution in [-0.2, 0) is 16.1 Å². The maximum atomic E-state index is 13.2. The third kappa shape index (κ3) is 6.76. The van der Waals surface area contributed by atoms with Gasteiger partial charge >= 0.3 is 6.09 Å². The maximum absolute atomic E-state index is 13.2. The summed E-state index contributed by atoms with van der Waals surface area (Å²) in [7, 11) is 0. The third-order valence-electron chi connectivity index (χ3n) is 5.82. The Morgan fingerprint density at radius 1 is 1.18 bits per heavy atom. The summed E-state index contributed by atoms with van der Waals surface area (Å²) in [5.74, 6) is 0.220. The Morgan fingerprint density at radius 2 is 1.88 bits per heavy atom. The molecule has 0 aromatic carbocycles. The minimum absolute atomic E-state index is 0.0620. The highest BCUT2D eigenvalue weighted by atomic mass is 16.6. The van der Waals surface area contributed by atoms with Crippen LogP contribution in [-0.4, -0.2) is 43.6 Å². The van der Waals surface area contributed by atoms with Gasteiger partial charge in [-0.15, -0.1) is 5.10 Å². The van der Waals surface area contributed by atoms with Gasteiger partial charge in [0.25, 0.3) is 0 Å². The molecule has 1 atom stereocenters. The molecule has 1 fully saturated rings. The molecule has 0 bridgehead atoms. The van der Waals surface area contributed by atoms with Gasteiger partial charge in [-0.3, -0.25) is 4.79 Å². The van der Waals surface area contributed by atoms with E-state index in [1.54, 1.807) is 33.0 Å². The normalized spacial score (nSPS) is 16.0. The van der Waals surface area contributed by atoms with Crippen molar-refractivity contribution in [2.45, 2.75) is 91.3 Å². The van der Waals surface area contributed by atoms with Gasteiger partial charge < -0.3 is 15.4 Å². The average molecular weight is 457 g/mol. The number of nitrogens with zero attached hydrogens (tertiary/aromatic N) is 4. The number of anilines is 1. The molecule has 0 saturated heterocycles. The number of pyridine rings is 1. The molecule has 33 heavy (non-hydrogen) atoms. The Balaban J connectivity index is 1.75. The number of hydrogen-bond donors (Lipinski definition) is 2. The summed E-state index contributed by atoms with van der Waals surface area (Å²) >= 11 is 0. The molecule has 180 valence electrons. The number of carbonyl (C=O) groups is 2. The first kappa shape index (κ1) is 24.7. The molecule has 2 amide bonds. The zero-order chi connectivity index (χ0) is 24.0. The van der Waals surface area contributed by atoms with Crippen LogP contribution in [0.1, 0.15) is 71.9 Å². The summed E-state index contributed by atoms with van der Waals surface area (Å²) in [6.07, 6.45) is 7.33. The number of aromatic nitrogens is 4. The maximum Gasteiger partial charge on any atom is 0.408 e. The van der Waals surface area contributed by atoms with Gasteiger partial charge in [0.1, 0.15) is 17.5 Å². The fraction of sp³-hybridized carbons (Fsp3) is 0.625. The largest absolute Gasteiger partial charge is 0.444 e. The first-order chi connectivity index (χ1) is 15.7. The number of nitrogens with one attached hydrogen (secondary N) is 2. The molecule has 1 saturated carbocycles. The summed E-state index contributed by atoms with van der Waals surface area (Å²) in [5.41, 5.74) is 1.98. The Bertz CT molecular complexity index is 940. The number of amides is 2. The van der Waals surface area contributed by atoms with Crippen LogP contribution in [0.4, 0.5) is 10.6 Å². The predicted molar refractivity (Wildman–Crippen MR) is 127 cm³/mol. The molecule has 2 aromatic heterocycles. The molecule has 1 aliphatic rings. The number of aryl methyl sites for hydroxylation is 2. The molecule has 0 aliphatic heterocycles. The van der Waals surface area contributed by atoms with Gasteiger partial charge in [0.15, 0.2) is 0 Å². The van der Waals surface area contributed by atoms with Crippen LogP contribution in [0.5, 0.6) is 0 Å². The molecule has 3 rings (SSSR count). The van der Waals surface area contributed by atoms with Crippen LogP contribution in [0.25, 0.3) is 11.3 Å². The SMILES string of the molecule is CCn1nnc(C)c1-c1ccc(NC(=O)[C@@H](NC(=O)OC(C)(C)C)C2CCCCCC2)nc1. The lowest BCUT2D eigenvalue weighted by Crippen LogP contribution is -2.50. The molecule has 0 spiro atoms. The summed E-state index contributed by atoms with van der Waals surface area (Å²) < 4.78 is 7.24. The number of ether oxygens (including phenoxy) is 1. The zero-order valence-corrected chi connectivity index (χ0v) is 20.4. The lowest BCUT2D eigenvalue weighted by atomic mass is 9.91. The second-order valence-corrected chi connectivity index (χ2v) is 9.64. The van der Waals surface area contributed by atoms with Crippen molar-refractivity contribution < 1.29 is 14.3 Å². The van der Waals surface area contributed by atoms with Crippen LogP contribution in [0.15, 0.2) is 18.3 Å². The van der Waals surface area contributed by atoms with E-state index in [1.165, 1.54) is 0 Å². The fourth-order valence-corrected chi connectivity index (χ4v) is 4.27. The average Bonchev–Trinajstić information content (AvgIpc) is 2.94. The van der Waals surface area contributed by atoms with Crippen molar-refractivity contribution in [3.05, 3.63) is 24.0 Å². The van der Waals surface area contributed by atoms with Crippen LogP contribution < -0.4 is 10.6 Å². The molecule has 2 heterocycles. The van der Waals surface area contributed by atoms with Gasteiger partial charge in [-0.25, -0.2) is 14.5 Å². The van der Waals surface area contributed by atoms with Crippen LogP contribution >= 0.6 is 0 Å². The molecule has 2 N–H and O–H groups in total. The third-order valence-corrected chi connectivity index (χ3v) is 5.82. The quantitative estimate of drug-likeness (QED) is 0.621. The topological polar surface area (TPSA) is 111 Å². The molecule has 0 radical (unpaired) electrons. The van der Waals surface area contributed by atoms with E-state index in [2.05, 4.69) is 25.9 Å². The van der Waals surface area contributed by atoms with Gasteiger partial charge in [-0.05, 0) is 65.5 Å². The second kappa shape index (κ2) is 10.8. The molecule has 9 heteroatoms. The van der Waals surface area contributed by atoms with Crippen molar-refractivity contribution in [3.8, 4) is 11.3 Å². The van der Waals surface area contributed by atoms with E-state index < -0.39 is 17.7 Å². The lowest BCUT2D eigenvalue weighted by Gasteiger charge is -2.28. The van der Waals surface area contributed by atoms with Gasteiger partial charge in [0.2, 0.25) is 5.91 Å². The van der Waals surface area contributed by atoms with Crippen molar-refractivity contribution in [2.24, 2.45) is 5.92 Å². The highest BCUT2D eigenvalue weighted by molar-refractivity contribution is 5.96. The number of carbonyl (C=O) groups excluding carboxylic acids is 2. The molecule has 9 nitrogen and oxygen atoms in total. The summed E-state index contributed by atoms with van der Waals surface area (Å²) in [4.78, 5) is 30.2. The Morgan fingerprint density at radius 3 is 2.45 bits per heavy atom. The first-order valence-corrected chi connectivity index (χ1v) is 11.8. The number of alkyl carbamates (subject to hydrolysis) is 1. The van der Waals surface area contributed by atoms with Crippen molar-refractivity contribution in [3.63, 3.8) is 0 Å². The van der Waals surface area contributed by atoms with E-state index >= 15 is 0 Å². The van der Waals surface area contributed by atoms with Crippen molar-refractivity contribution >= 4 is 17.8 Å². The van der Waals surface area contributed by atoms with Gasteiger partial charge in [0, 0.05) is 18.3 Å². The summed E-state index contributed by atoms with van der Waals surface area (Å²) in [5, 5.41) is 14.0. The minimum atomic E-state index is -0.674. The minimum Gasteiger partial charge on any atom is -0.444 e. The van der Waals surface area contributed by atoms with Crippen molar-refractivity contribution in [1.29, 1.82) is 0 Å². The van der Waals surface area contributed by atoms with Gasteiger partial charge in [0.05, 0.1) is 11.4 Å². The Hall–Kier alpha value is -2.97. The molecular formula is C24H36N6O3. The van der Waals surface area contributed by atoms with Crippen LogP contribution in [0, 0.1) is 12.8 Å². The van der Waals surface area contributed by atoms with E-state index in [0.29, 0.717) is 12.4 Å².